The van der Waals surface area contributed by atoms with Crippen LogP contribution in [0.1, 0.15) is 22.7 Å². The topological polar surface area (TPSA) is 92.6 Å². The summed E-state index contributed by atoms with van der Waals surface area (Å²) in [5.41, 5.74) is 2.25. The minimum atomic E-state index is -0.914. The molecule has 0 aliphatic carbocycles. The highest BCUT2D eigenvalue weighted by atomic mass is 35.5. The fourth-order valence-corrected chi connectivity index (χ4v) is 6.54. The number of rotatable bonds is 9. The number of allylic oxidation sites excluding steroid dienone is 1. The molecular formula is C29H21Cl2N3O4S2. The SMILES string of the molecule is COc1ccc(C2C(C(=O)/C=C/c3ccccc3)=C(O)C(=O)N2c2nnc(SCc3ccc(Cl)cc3Cl)s2)cc1. The maximum absolute atomic E-state index is 13.4. The van der Waals surface area contributed by atoms with Gasteiger partial charge in [0.15, 0.2) is 15.9 Å². The first-order valence-electron chi connectivity index (χ1n) is 11.9. The van der Waals surface area contributed by atoms with E-state index >= 15 is 0 Å². The number of benzene rings is 3. The molecule has 40 heavy (non-hydrogen) atoms. The number of carbonyl (C=O) groups is 2. The largest absolute Gasteiger partial charge is 0.503 e. The van der Waals surface area contributed by atoms with Gasteiger partial charge in [-0.2, -0.15) is 0 Å². The summed E-state index contributed by atoms with van der Waals surface area (Å²) in [7, 11) is 1.55. The first-order valence-corrected chi connectivity index (χ1v) is 14.5. The van der Waals surface area contributed by atoms with E-state index in [0.717, 1.165) is 11.1 Å². The molecule has 2 heterocycles. The molecule has 0 bridgehead atoms. The summed E-state index contributed by atoms with van der Waals surface area (Å²) in [5.74, 6) is -0.723. The first kappa shape index (κ1) is 27.9. The number of thioether (sulfide) groups is 1. The number of aliphatic hydroxyl groups is 1. The molecule has 0 saturated heterocycles. The summed E-state index contributed by atoms with van der Waals surface area (Å²) in [6.07, 6.45) is 2.99. The van der Waals surface area contributed by atoms with E-state index in [1.54, 1.807) is 49.6 Å². The van der Waals surface area contributed by atoms with E-state index in [0.29, 0.717) is 31.5 Å². The van der Waals surface area contributed by atoms with Crippen molar-refractivity contribution in [1.29, 1.82) is 0 Å². The molecule has 4 aromatic rings. The monoisotopic (exact) mass is 609 g/mol. The van der Waals surface area contributed by atoms with Crippen molar-refractivity contribution in [3.8, 4) is 5.75 Å². The third-order valence-corrected chi connectivity index (χ3v) is 8.79. The van der Waals surface area contributed by atoms with Crippen molar-refractivity contribution in [3.05, 3.63) is 117 Å². The number of hydrogen-bond donors (Lipinski definition) is 1. The molecular weight excluding hydrogens is 589 g/mol. The fraction of sp³-hybridized carbons (Fsp3) is 0.103. The second kappa shape index (κ2) is 12.3. The minimum Gasteiger partial charge on any atom is -0.503 e. The van der Waals surface area contributed by atoms with Crippen LogP contribution in [0.3, 0.4) is 0 Å². The van der Waals surface area contributed by atoms with Crippen LogP contribution in [0.15, 0.2) is 94.5 Å². The van der Waals surface area contributed by atoms with E-state index in [-0.39, 0.29) is 10.7 Å². The average Bonchev–Trinajstić information content (AvgIpc) is 3.53. The van der Waals surface area contributed by atoms with E-state index in [2.05, 4.69) is 10.2 Å². The number of aromatic nitrogens is 2. The van der Waals surface area contributed by atoms with Crippen molar-refractivity contribution in [2.24, 2.45) is 0 Å². The van der Waals surface area contributed by atoms with Crippen molar-refractivity contribution in [2.75, 3.05) is 12.0 Å². The lowest BCUT2D eigenvalue weighted by Gasteiger charge is -2.23. The number of anilines is 1. The summed E-state index contributed by atoms with van der Waals surface area (Å²) in [6.45, 7) is 0. The summed E-state index contributed by atoms with van der Waals surface area (Å²) in [5, 5.41) is 20.7. The number of nitrogens with zero attached hydrogens (tertiary/aromatic N) is 3. The van der Waals surface area contributed by atoms with E-state index in [1.165, 1.54) is 34.1 Å². The number of ketones is 1. The Labute approximate surface area is 248 Å². The Balaban J connectivity index is 1.46. The molecule has 7 nitrogen and oxygen atoms in total. The number of hydrogen-bond acceptors (Lipinski definition) is 8. The molecule has 3 aromatic carbocycles. The maximum atomic E-state index is 13.4. The highest BCUT2D eigenvalue weighted by Crippen LogP contribution is 2.43. The normalized spacial score (nSPS) is 15.3. The predicted molar refractivity (Wildman–Crippen MR) is 159 cm³/mol. The average molecular weight is 611 g/mol. The zero-order valence-electron chi connectivity index (χ0n) is 21.0. The third kappa shape index (κ3) is 5.93. The molecule has 0 fully saturated rings. The fourth-order valence-electron chi connectivity index (χ4n) is 4.12. The van der Waals surface area contributed by atoms with Gasteiger partial charge >= 0.3 is 0 Å². The molecule has 1 aliphatic rings. The lowest BCUT2D eigenvalue weighted by atomic mass is 9.95. The Bertz CT molecular complexity index is 1620. The summed E-state index contributed by atoms with van der Waals surface area (Å²) in [6, 6.07) is 20.6. The number of halogens is 2. The first-order chi connectivity index (χ1) is 19.4. The van der Waals surface area contributed by atoms with Crippen LogP contribution in [0.4, 0.5) is 5.13 Å². The van der Waals surface area contributed by atoms with Crippen molar-refractivity contribution >= 4 is 69.2 Å². The molecule has 11 heteroatoms. The van der Waals surface area contributed by atoms with Gasteiger partial charge in [-0.3, -0.25) is 14.5 Å². The Morgan fingerprint density at radius 2 is 1.85 bits per heavy atom. The van der Waals surface area contributed by atoms with E-state index < -0.39 is 23.5 Å². The van der Waals surface area contributed by atoms with Crippen LogP contribution in [0.2, 0.25) is 10.0 Å². The molecule has 0 radical (unpaired) electrons. The molecule has 0 saturated carbocycles. The smallest absolute Gasteiger partial charge is 0.296 e. The quantitative estimate of drug-likeness (QED) is 0.121. The second-order valence-corrected chi connectivity index (χ2v) is 11.6. The molecule has 1 unspecified atom stereocenters. The lowest BCUT2D eigenvalue weighted by molar-refractivity contribution is -0.117. The molecule has 5 rings (SSSR count). The number of aliphatic hydroxyl groups excluding tert-OH is 1. The summed E-state index contributed by atoms with van der Waals surface area (Å²) >= 11 is 14.9. The summed E-state index contributed by atoms with van der Waals surface area (Å²) in [4.78, 5) is 28.1. The molecule has 1 atom stereocenters. The Kier molecular flexibility index (Phi) is 8.56. The highest BCUT2D eigenvalue weighted by Gasteiger charge is 2.45. The summed E-state index contributed by atoms with van der Waals surface area (Å²) < 4.78 is 5.86. The van der Waals surface area contributed by atoms with Gasteiger partial charge in [-0.15, -0.1) is 10.2 Å². The number of carbonyl (C=O) groups excluding carboxylic acids is 2. The van der Waals surface area contributed by atoms with Gasteiger partial charge < -0.3 is 9.84 Å². The third-order valence-electron chi connectivity index (χ3n) is 6.10. The van der Waals surface area contributed by atoms with Crippen molar-refractivity contribution in [3.63, 3.8) is 0 Å². The predicted octanol–water partition coefficient (Wildman–Crippen LogP) is 7.33. The number of ether oxygens (including phenoxy) is 1. The van der Waals surface area contributed by atoms with Crippen LogP contribution in [0.5, 0.6) is 5.75 Å². The standard InChI is InChI=1S/C29H21Cl2N3O4S2/c1-38-21-12-9-18(10-13-21)25-24(23(35)14-7-17-5-3-2-4-6-17)26(36)27(37)34(25)28-32-33-29(40-28)39-16-19-8-11-20(30)15-22(19)31/h2-15,25,36H,16H2,1H3/b14-7+. The zero-order chi connectivity index (χ0) is 28.2. The van der Waals surface area contributed by atoms with Crippen molar-refractivity contribution in [1.82, 2.24) is 10.2 Å². The Morgan fingerprint density at radius 3 is 2.55 bits per heavy atom. The van der Waals surface area contributed by atoms with Gasteiger partial charge in [0, 0.05) is 15.8 Å². The van der Waals surface area contributed by atoms with Crippen LogP contribution in [-0.2, 0) is 15.3 Å². The van der Waals surface area contributed by atoms with E-state index in [1.807, 2.05) is 36.4 Å². The van der Waals surface area contributed by atoms with Gasteiger partial charge in [0.2, 0.25) is 5.13 Å². The maximum Gasteiger partial charge on any atom is 0.296 e. The van der Waals surface area contributed by atoms with Gasteiger partial charge in [0.1, 0.15) is 5.75 Å². The number of amides is 1. The van der Waals surface area contributed by atoms with Gasteiger partial charge in [0.25, 0.3) is 5.91 Å². The molecule has 0 spiro atoms. The minimum absolute atomic E-state index is 0.0419. The van der Waals surface area contributed by atoms with Gasteiger partial charge in [0.05, 0.1) is 18.7 Å². The molecule has 202 valence electrons. The molecule has 1 aliphatic heterocycles. The van der Waals surface area contributed by atoms with Crippen LogP contribution in [0.25, 0.3) is 6.08 Å². The van der Waals surface area contributed by atoms with Crippen LogP contribution in [0, 0.1) is 0 Å². The van der Waals surface area contributed by atoms with Gasteiger partial charge in [-0.25, -0.2) is 0 Å². The van der Waals surface area contributed by atoms with Crippen LogP contribution < -0.4 is 9.64 Å². The van der Waals surface area contributed by atoms with Crippen LogP contribution in [-0.4, -0.2) is 34.1 Å². The lowest BCUT2D eigenvalue weighted by Crippen LogP contribution is -2.30. The Morgan fingerprint density at radius 1 is 1.10 bits per heavy atom. The van der Waals surface area contributed by atoms with Crippen LogP contribution >= 0.6 is 46.3 Å². The van der Waals surface area contributed by atoms with Gasteiger partial charge in [-0.1, -0.05) is 101 Å². The molecule has 1 N–H and O–H groups in total. The zero-order valence-corrected chi connectivity index (χ0v) is 24.1. The van der Waals surface area contributed by atoms with E-state index in [4.69, 9.17) is 27.9 Å². The van der Waals surface area contributed by atoms with Crippen molar-refractivity contribution in [2.45, 2.75) is 16.1 Å². The second-order valence-electron chi connectivity index (χ2n) is 8.60. The van der Waals surface area contributed by atoms with E-state index in [9.17, 15) is 14.7 Å². The molecule has 1 amide bonds. The Hall–Kier alpha value is -3.63. The number of methoxy groups -OCH3 is 1. The highest BCUT2D eigenvalue weighted by molar-refractivity contribution is 8.00. The van der Waals surface area contributed by atoms with Crippen molar-refractivity contribution < 1.29 is 19.4 Å². The van der Waals surface area contributed by atoms with Gasteiger partial charge in [-0.05, 0) is 47.0 Å². The molecule has 1 aromatic heterocycles.